The highest BCUT2D eigenvalue weighted by atomic mass is 35.5. The third kappa shape index (κ3) is 5.60. The molecule has 3 rings (SSSR count). The molecule has 3 N–H and O–H groups in total. The first-order chi connectivity index (χ1) is 15.9. The Hall–Kier alpha value is -2.47. The van der Waals surface area contributed by atoms with Gasteiger partial charge in [0.15, 0.2) is 11.5 Å². The first-order valence-electron chi connectivity index (χ1n) is 10.4. The second-order valence-electron chi connectivity index (χ2n) is 8.42. The van der Waals surface area contributed by atoms with E-state index in [0.717, 1.165) is 18.3 Å². The Morgan fingerprint density at radius 1 is 1.44 bits per heavy atom. The summed E-state index contributed by atoms with van der Waals surface area (Å²) in [4.78, 5) is 20.6. The molecule has 0 radical (unpaired) electrons. The van der Waals surface area contributed by atoms with E-state index in [1.807, 2.05) is 13.8 Å². The molecule has 4 atom stereocenters. The second-order valence-corrected chi connectivity index (χ2v) is 9.75. The number of nitrogens with zero attached hydrogens (tertiary/aromatic N) is 2. The molecule has 0 bridgehead atoms. The van der Waals surface area contributed by atoms with Crippen LogP contribution in [-0.2, 0) is 21.4 Å². The van der Waals surface area contributed by atoms with Crippen molar-refractivity contribution in [2.24, 2.45) is 16.1 Å². The average molecular weight is 514 g/mol. The molecular weight excluding hydrogens is 490 g/mol. The summed E-state index contributed by atoms with van der Waals surface area (Å²) in [6, 6.07) is 4.47. The van der Waals surface area contributed by atoms with Crippen LogP contribution in [0.4, 0.5) is 14.5 Å². The van der Waals surface area contributed by atoms with Crippen LogP contribution in [-0.4, -0.2) is 44.0 Å². The number of ether oxygens (including phenoxy) is 1. The predicted octanol–water partition coefficient (Wildman–Crippen LogP) is 3.53. The molecule has 1 heterocycles. The summed E-state index contributed by atoms with van der Waals surface area (Å²) in [5.74, 6) is -3.00. The molecule has 1 fully saturated rings. The van der Waals surface area contributed by atoms with Crippen LogP contribution in [0.15, 0.2) is 35.5 Å². The SMILES string of the molecule is CCOC1C[C@@]1(C)C(N)=N[C@@](C)(CS(=O)[O-])c1cc(NC(=O)c2ncc(Cl)cc2F)ccc1F. The molecular formula is C22H24ClF2N4O4S-. The number of halogens is 3. The van der Waals surface area contributed by atoms with Crippen molar-refractivity contribution < 1.29 is 27.1 Å². The number of nitrogens with two attached hydrogens (primary N) is 1. The zero-order valence-corrected chi connectivity index (χ0v) is 20.3. The number of aliphatic imine (C=N–C) groups is 1. The Morgan fingerprint density at radius 3 is 2.76 bits per heavy atom. The van der Waals surface area contributed by atoms with Crippen molar-refractivity contribution in [2.45, 2.75) is 38.8 Å². The van der Waals surface area contributed by atoms with Gasteiger partial charge >= 0.3 is 0 Å². The van der Waals surface area contributed by atoms with Crippen LogP contribution in [0.3, 0.4) is 0 Å². The fourth-order valence-electron chi connectivity index (χ4n) is 3.62. The van der Waals surface area contributed by atoms with Gasteiger partial charge in [-0.3, -0.25) is 14.0 Å². The lowest BCUT2D eigenvalue weighted by Gasteiger charge is -2.29. The van der Waals surface area contributed by atoms with E-state index in [9.17, 15) is 22.3 Å². The highest BCUT2D eigenvalue weighted by Crippen LogP contribution is 2.49. The topological polar surface area (TPSA) is 130 Å². The van der Waals surface area contributed by atoms with E-state index in [1.165, 1.54) is 19.1 Å². The Kier molecular flexibility index (Phi) is 7.71. The summed E-state index contributed by atoms with van der Waals surface area (Å²) in [5, 5.41) is 2.45. The van der Waals surface area contributed by atoms with Crippen LogP contribution in [0.25, 0.3) is 0 Å². The zero-order valence-electron chi connectivity index (χ0n) is 18.7. The van der Waals surface area contributed by atoms with Crippen LogP contribution in [0, 0.1) is 17.0 Å². The second kappa shape index (κ2) is 10.0. The average Bonchev–Trinajstić information content (AvgIpc) is 3.39. The molecule has 1 amide bonds. The number of rotatable bonds is 9. The van der Waals surface area contributed by atoms with Crippen molar-refractivity contribution in [1.82, 2.24) is 4.98 Å². The summed E-state index contributed by atoms with van der Waals surface area (Å²) in [6.07, 6.45) is 1.55. The number of carbonyl (C=O) groups is 1. The van der Waals surface area contributed by atoms with Crippen molar-refractivity contribution in [3.8, 4) is 0 Å². The highest BCUT2D eigenvalue weighted by Gasteiger charge is 2.55. The molecule has 1 aliphatic rings. The number of hydrogen-bond acceptors (Lipinski definition) is 6. The zero-order chi connectivity index (χ0) is 25.3. The van der Waals surface area contributed by atoms with Gasteiger partial charge in [0, 0.05) is 29.8 Å². The van der Waals surface area contributed by atoms with Crippen molar-refractivity contribution in [1.29, 1.82) is 0 Å². The third-order valence-corrected chi connectivity index (χ3v) is 6.71. The van der Waals surface area contributed by atoms with Crippen molar-refractivity contribution in [3.63, 3.8) is 0 Å². The van der Waals surface area contributed by atoms with Crippen molar-refractivity contribution >= 4 is 40.1 Å². The lowest BCUT2D eigenvalue weighted by atomic mass is 9.92. The molecule has 1 aliphatic carbocycles. The van der Waals surface area contributed by atoms with Gasteiger partial charge in [-0.05, 0) is 51.5 Å². The maximum atomic E-state index is 14.9. The molecule has 2 aromatic rings. The summed E-state index contributed by atoms with van der Waals surface area (Å²) < 4.78 is 57.8. The van der Waals surface area contributed by atoms with E-state index < -0.39 is 51.0 Å². The molecule has 1 aromatic heterocycles. The fourth-order valence-corrected chi connectivity index (χ4v) is 4.44. The quantitative estimate of drug-likeness (QED) is 0.300. The van der Waals surface area contributed by atoms with Gasteiger partial charge in [-0.25, -0.2) is 13.8 Å². The highest BCUT2D eigenvalue weighted by molar-refractivity contribution is 7.79. The molecule has 34 heavy (non-hydrogen) atoms. The van der Waals surface area contributed by atoms with E-state index in [2.05, 4.69) is 15.3 Å². The molecule has 1 aromatic carbocycles. The van der Waals surface area contributed by atoms with Gasteiger partial charge in [-0.15, -0.1) is 0 Å². The molecule has 1 saturated carbocycles. The molecule has 0 spiro atoms. The summed E-state index contributed by atoms with van der Waals surface area (Å²) >= 11 is 3.06. The lowest BCUT2D eigenvalue weighted by Crippen LogP contribution is -2.35. The molecule has 8 nitrogen and oxygen atoms in total. The van der Waals surface area contributed by atoms with Gasteiger partial charge in [0.2, 0.25) is 0 Å². The van der Waals surface area contributed by atoms with Gasteiger partial charge in [0.05, 0.1) is 22.1 Å². The van der Waals surface area contributed by atoms with Gasteiger partial charge in [0.25, 0.3) is 5.91 Å². The molecule has 2 unspecified atom stereocenters. The standard InChI is InChI=1S/C22H25ClF2N4O4S/c1-4-33-17-9-21(17,2)20(26)29-22(3,11-34(31)32)14-8-13(5-6-15(14)24)28-19(30)18-16(25)7-12(23)10-27-18/h5-8,10,17H,4,9,11H2,1-3H3,(H2,26,29)(H,28,30)(H,31,32)/p-1/t17?,21-,22+/m1/s1. The van der Waals surface area contributed by atoms with E-state index in [-0.39, 0.29) is 28.2 Å². The number of benzene rings is 1. The molecule has 0 aliphatic heterocycles. The van der Waals surface area contributed by atoms with E-state index >= 15 is 0 Å². The molecule has 12 heteroatoms. The normalized spacial score (nSPS) is 22.7. The van der Waals surface area contributed by atoms with E-state index in [0.29, 0.717) is 13.0 Å². The van der Waals surface area contributed by atoms with Crippen LogP contribution < -0.4 is 11.1 Å². The van der Waals surface area contributed by atoms with Gasteiger partial charge < -0.3 is 20.3 Å². The molecule has 0 saturated heterocycles. The summed E-state index contributed by atoms with van der Waals surface area (Å²) in [6.45, 7) is 5.59. The minimum atomic E-state index is -2.60. The Labute approximate surface area is 203 Å². The maximum absolute atomic E-state index is 14.9. The lowest BCUT2D eigenvalue weighted by molar-refractivity contribution is 0.101. The molecule has 184 valence electrons. The summed E-state index contributed by atoms with van der Waals surface area (Å²) in [7, 11) is 0. The number of pyridine rings is 1. The Bertz CT molecular complexity index is 1170. The number of nitrogens with one attached hydrogen (secondary N) is 1. The Morgan fingerprint density at radius 2 is 2.15 bits per heavy atom. The fraction of sp³-hybridized carbons (Fsp3) is 0.409. The number of carbonyl (C=O) groups excluding carboxylic acids is 1. The van der Waals surface area contributed by atoms with Crippen LogP contribution in [0.5, 0.6) is 0 Å². The van der Waals surface area contributed by atoms with Crippen molar-refractivity contribution in [2.75, 3.05) is 17.7 Å². The number of amides is 1. The monoisotopic (exact) mass is 513 g/mol. The van der Waals surface area contributed by atoms with Gasteiger partial charge in [-0.2, -0.15) is 0 Å². The van der Waals surface area contributed by atoms with Crippen LogP contribution in [0.2, 0.25) is 5.02 Å². The van der Waals surface area contributed by atoms with Gasteiger partial charge in [0.1, 0.15) is 11.7 Å². The number of aromatic nitrogens is 1. The first kappa shape index (κ1) is 26.1. The predicted molar refractivity (Wildman–Crippen MR) is 124 cm³/mol. The minimum Gasteiger partial charge on any atom is -0.772 e. The van der Waals surface area contributed by atoms with Crippen molar-refractivity contribution in [3.05, 3.63) is 58.4 Å². The number of hydrogen-bond donors (Lipinski definition) is 2. The Balaban J connectivity index is 1.96. The van der Waals surface area contributed by atoms with E-state index in [1.54, 1.807) is 0 Å². The largest absolute Gasteiger partial charge is 0.772 e. The number of amidine groups is 1. The van der Waals surface area contributed by atoms with Gasteiger partial charge in [-0.1, -0.05) is 22.7 Å². The van der Waals surface area contributed by atoms with Crippen LogP contribution >= 0.6 is 11.6 Å². The first-order valence-corrected chi connectivity index (χ1v) is 12.0. The summed E-state index contributed by atoms with van der Waals surface area (Å²) in [5.41, 5.74) is 3.48. The smallest absolute Gasteiger partial charge is 0.277 e. The maximum Gasteiger partial charge on any atom is 0.277 e. The minimum absolute atomic E-state index is 0.0193. The third-order valence-electron chi connectivity index (χ3n) is 5.71. The van der Waals surface area contributed by atoms with E-state index in [4.69, 9.17) is 22.1 Å². The van der Waals surface area contributed by atoms with Crippen LogP contribution in [0.1, 0.15) is 43.2 Å². The number of anilines is 1.